The van der Waals surface area contributed by atoms with Crippen LogP contribution in [-0.4, -0.2) is 21.0 Å². The third kappa shape index (κ3) is 6.30. The van der Waals surface area contributed by atoms with Crippen LogP contribution in [0.1, 0.15) is 88.1 Å². The van der Waals surface area contributed by atoms with Gasteiger partial charge in [0.15, 0.2) is 17.5 Å². The van der Waals surface area contributed by atoms with Crippen LogP contribution in [0, 0.1) is 0 Å². The Morgan fingerprint density at radius 3 is 1.82 bits per heavy atom. The lowest BCUT2D eigenvalue weighted by atomic mass is 9.62. The Labute approximate surface area is 399 Å². The summed E-state index contributed by atoms with van der Waals surface area (Å²) in [4.78, 5) is 18.6. The molecule has 4 aliphatic rings. The van der Waals surface area contributed by atoms with Gasteiger partial charge in [0.1, 0.15) is 0 Å². The van der Waals surface area contributed by atoms with Gasteiger partial charge in [0.05, 0.1) is 6.04 Å². The highest BCUT2D eigenvalue weighted by atomic mass is 15.2. The van der Waals surface area contributed by atoms with Crippen molar-refractivity contribution in [2.75, 3.05) is 4.90 Å². The van der Waals surface area contributed by atoms with Gasteiger partial charge in [-0.2, -0.15) is 0 Å². The summed E-state index contributed by atoms with van der Waals surface area (Å²) in [5.41, 5.74) is 17.5. The molecule has 2 heterocycles. The Bertz CT molecular complexity index is 3670. The molecule has 0 saturated heterocycles. The number of hydrogen-bond donors (Lipinski definition) is 0. The number of hydrogen-bond acceptors (Lipinski definition) is 4. The molecule has 9 aromatic rings. The summed E-state index contributed by atoms with van der Waals surface area (Å²) < 4.78 is 0. The molecule has 4 heteroatoms. The van der Waals surface area contributed by atoms with E-state index >= 15 is 0 Å². The predicted molar refractivity (Wildman–Crippen MR) is 282 cm³/mol. The standard InChI is InChI=1S/C64H54N4/c1-62(2)31-32-63(3,4)56-38-58-52(37-55(56)62)51-34-42-17-10-11-18-43(42)36-57(51)68(58)46-28-30-47-44(33-46)19-14-21-50(47)61-66-59(41-25-23-40(24-26-41)39-15-8-7-9-16-39)65-60(67-61)45-27-29-49-48-20-12-13-22-53(48)64(5,6)54(49)35-45/h7-30,33-38,51,57H,31-32H2,1-6H3. The Morgan fingerprint density at radius 1 is 0.441 bits per heavy atom. The second-order valence-corrected chi connectivity index (χ2v) is 21.5. The van der Waals surface area contributed by atoms with Gasteiger partial charge in [-0.15, -0.1) is 0 Å². The summed E-state index contributed by atoms with van der Waals surface area (Å²) in [7, 11) is 0. The highest BCUT2D eigenvalue weighted by Crippen LogP contribution is 2.55. The first kappa shape index (κ1) is 40.8. The lowest BCUT2D eigenvalue weighted by molar-refractivity contribution is 0.332. The number of fused-ring (bicyclic) bond motifs is 9. The molecule has 0 saturated carbocycles. The molecule has 0 amide bonds. The first-order valence-corrected chi connectivity index (χ1v) is 24.4. The van der Waals surface area contributed by atoms with E-state index in [9.17, 15) is 0 Å². The lowest BCUT2D eigenvalue weighted by Gasteiger charge is -2.42. The van der Waals surface area contributed by atoms with Gasteiger partial charge in [0.2, 0.25) is 0 Å². The van der Waals surface area contributed by atoms with Gasteiger partial charge in [-0.3, -0.25) is 0 Å². The van der Waals surface area contributed by atoms with Crippen molar-refractivity contribution >= 4 is 34.3 Å². The van der Waals surface area contributed by atoms with E-state index in [2.05, 4.69) is 228 Å². The Morgan fingerprint density at radius 2 is 1.04 bits per heavy atom. The summed E-state index contributed by atoms with van der Waals surface area (Å²) in [5, 5.41) is 4.88. The van der Waals surface area contributed by atoms with E-state index in [1.54, 1.807) is 0 Å². The number of benzene rings is 8. The summed E-state index contributed by atoms with van der Waals surface area (Å²) in [6.45, 7) is 14.4. The highest BCUT2D eigenvalue weighted by molar-refractivity contribution is 5.98. The van der Waals surface area contributed by atoms with E-state index in [0.29, 0.717) is 17.5 Å². The number of rotatable bonds is 5. The zero-order valence-electron chi connectivity index (χ0n) is 39.7. The van der Waals surface area contributed by atoms with Crippen LogP contribution in [0.25, 0.3) is 79.3 Å². The van der Waals surface area contributed by atoms with E-state index in [1.165, 1.54) is 79.2 Å². The molecule has 0 N–H and O–H groups in total. The van der Waals surface area contributed by atoms with Crippen LogP contribution in [0.2, 0.25) is 0 Å². The second kappa shape index (κ2) is 14.8. The SMILES string of the molecule is CC1(C)CCC(C)(C)c2cc3c(cc21)C1C=c2ccccc2=CC1N3c1ccc2c(-c3nc(-c4ccc(-c5ccccc5)cc4)nc(-c4ccc5c(c4)C(C)(C)c4ccccc4-5)n3)cccc2c1. The summed E-state index contributed by atoms with van der Waals surface area (Å²) in [5.74, 6) is 2.22. The molecule has 0 radical (unpaired) electrons. The van der Waals surface area contributed by atoms with Gasteiger partial charge in [-0.05, 0) is 119 Å². The minimum absolute atomic E-state index is 0.0984. The van der Waals surface area contributed by atoms with Crippen LogP contribution in [-0.2, 0) is 16.2 Å². The van der Waals surface area contributed by atoms with Crippen molar-refractivity contribution < 1.29 is 0 Å². The van der Waals surface area contributed by atoms with E-state index in [1.807, 2.05) is 0 Å². The van der Waals surface area contributed by atoms with E-state index in [0.717, 1.165) is 33.0 Å². The minimum atomic E-state index is -0.153. The third-order valence-electron chi connectivity index (χ3n) is 16.1. The molecule has 3 aliphatic carbocycles. The van der Waals surface area contributed by atoms with Crippen molar-refractivity contribution in [2.24, 2.45) is 0 Å². The fourth-order valence-corrected chi connectivity index (χ4v) is 12.1. The fraction of sp³-hybridized carbons (Fsp3) is 0.203. The van der Waals surface area contributed by atoms with Crippen molar-refractivity contribution in [1.29, 1.82) is 0 Å². The molecule has 330 valence electrons. The maximum absolute atomic E-state index is 5.37. The molecule has 0 bridgehead atoms. The van der Waals surface area contributed by atoms with Crippen LogP contribution < -0.4 is 15.3 Å². The number of aromatic nitrogens is 3. The molecule has 0 fully saturated rings. The molecule has 13 rings (SSSR count). The van der Waals surface area contributed by atoms with Gasteiger partial charge < -0.3 is 4.90 Å². The van der Waals surface area contributed by atoms with Crippen molar-refractivity contribution in [3.63, 3.8) is 0 Å². The molecular formula is C64H54N4. The Hall–Kier alpha value is -7.43. The van der Waals surface area contributed by atoms with Crippen molar-refractivity contribution in [2.45, 2.75) is 82.6 Å². The number of anilines is 2. The molecule has 0 spiro atoms. The van der Waals surface area contributed by atoms with Gasteiger partial charge in [0.25, 0.3) is 0 Å². The highest BCUT2D eigenvalue weighted by Gasteiger charge is 2.44. The monoisotopic (exact) mass is 878 g/mol. The largest absolute Gasteiger partial charge is 0.333 e. The number of nitrogens with zero attached hydrogens (tertiary/aromatic N) is 4. The predicted octanol–water partition coefficient (Wildman–Crippen LogP) is 14.2. The smallest absolute Gasteiger partial charge is 0.164 e. The second-order valence-electron chi connectivity index (χ2n) is 21.5. The zero-order valence-corrected chi connectivity index (χ0v) is 39.7. The topological polar surface area (TPSA) is 41.9 Å². The van der Waals surface area contributed by atoms with Crippen molar-refractivity contribution in [3.05, 3.63) is 208 Å². The normalized spacial score (nSPS) is 18.6. The molecular weight excluding hydrogens is 825 g/mol. The fourth-order valence-electron chi connectivity index (χ4n) is 12.1. The van der Waals surface area contributed by atoms with Gasteiger partial charge in [-0.1, -0.05) is 199 Å². The lowest BCUT2D eigenvalue weighted by Crippen LogP contribution is -2.38. The van der Waals surface area contributed by atoms with Gasteiger partial charge >= 0.3 is 0 Å². The van der Waals surface area contributed by atoms with Crippen molar-refractivity contribution in [3.8, 4) is 56.4 Å². The van der Waals surface area contributed by atoms with E-state index in [-0.39, 0.29) is 28.2 Å². The summed E-state index contributed by atoms with van der Waals surface area (Å²) >= 11 is 0. The summed E-state index contributed by atoms with van der Waals surface area (Å²) in [6, 6.07) is 62.4. The Kier molecular flexibility index (Phi) is 8.87. The maximum atomic E-state index is 5.37. The average molecular weight is 879 g/mol. The molecule has 8 aromatic carbocycles. The molecule has 2 atom stereocenters. The van der Waals surface area contributed by atoms with Crippen LogP contribution >= 0.6 is 0 Å². The van der Waals surface area contributed by atoms with E-state index < -0.39 is 0 Å². The molecule has 1 aromatic heterocycles. The third-order valence-corrected chi connectivity index (χ3v) is 16.1. The first-order chi connectivity index (χ1) is 32.9. The van der Waals surface area contributed by atoms with Crippen LogP contribution in [0.5, 0.6) is 0 Å². The van der Waals surface area contributed by atoms with Crippen LogP contribution in [0.15, 0.2) is 170 Å². The van der Waals surface area contributed by atoms with Crippen LogP contribution in [0.3, 0.4) is 0 Å². The average Bonchev–Trinajstić information content (AvgIpc) is 3.80. The quantitative estimate of drug-likeness (QED) is 0.173. The molecule has 4 nitrogen and oxygen atoms in total. The Balaban J connectivity index is 0.958. The summed E-state index contributed by atoms with van der Waals surface area (Å²) in [6.07, 6.45) is 7.41. The molecule has 68 heavy (non-hydrogen) atoms. The van der Waals surface area contributed by atoms with Crippen molar-refractivity contribution in [1.82, 2.24) is 15.0 Å². The van der Waals surface area contributed by atoms with Gasteiger partial charge in [0, 0.05) is 39.4 Å². The first-order valence-electron chi connectivity index (χ1n) is 24.4. The molecule has 1 aliphatic heterocycles. The van der Waals surface area contributed by atoms with Crippen LogP contribution in [0.4, 0.5) is 11.4 Å². The van der Waals surface area contributed by atoms with Gasteiger partial charge in [-0.25, -0.2) is 15.0 Å². The molecule has 2 unspecified atom stereocenters. The maximum Gasteiger partial charge on any atom is 0.164 e. The zero-order chi connectivity index (χ0) is 46.1. The minimum Gasteiger partial charge on any atom is -0.333 e. The van der Waals surface area contributed by atoms with E-state index in [4.69, 9.17) is 15.0 Å².